The zero-order valence-electron chi connectivity index (χ0n) is 14.5. The van der Waals surface area contributed by atoms with Gasteiger partial charge in [-0.15, -0.1) is 0 Å². The van der Waals surface area contributed by atoms with Crippen LogP contribution in [-0.2, 0) is 16.4 Å². The lowest BCUT2D eigenvalue weighted by Gasteiger charge is -2.32. The van der Waals surface area contributed by atoms with Gasteiger partial charge in [-0.1, -0.05) is 20.8 Å². The fourth-order valence-corrected chi connectivity index (χ4v) is 4.72. The van der Waals surface area contributed by atoms with Gasteiger partial charge >= 0.3 is 0 Å². The molecule has 130 valence electrons. The monoisotopic (exact) mass is 340 g/mol. The summed E-state index contributed by atoms with van der Waals surface area (Å²) in [6.07, 6.45) is 2.49. The largest absolute Gasteiger partial charge is 0.367 e. The number of sulfonamides is 1. The van der Waals surface area contributed by atoms with Gasteiger partial charge in [-0.25, -0.2) is 22.7 Å². The van der Waals surface area contributed by atoms with Crippen molar-refractivity contribution in [1.29, 1.82) is 0 Å². The van der Waals surface area contributed by atoms with Crippen molar-refractivity contribution in [2.75, 3.05) is 24.2 Å². The quantitative estimate of drug-likeness (QED) is 0.859. The van der Waals surface area contributed by atoms with Crippen LogP contribution in [0, 0.1) is 12.8 Å². The number of nitrogens with zero attached hydrogens (tertiary/aromatic N) is 3. The molecule has 1 aliphatic rings. The molecule has 0 radical (unpaired) electrons. The van der Waals surface area contributed by atoms with Crippen LogP contribution in [0.4, 0.5) is 5.82 Å². The standard InChI is InChI=1S/C16H28N4O2S/c1-5-14-10-16(18-13(4)17-14)19-15-6-8-20(9-7-15)23(21,22)11-12(2)3/h10,12,15H,5-9,11H2,1-4H3,(H,17,18,19). The summed E-state index contributed by atoms with van der Waals surface area (Å²) in [4.78, 5) is 8.81. The van der Waals surface area contributed by atoms with E-state index in [-0.39, 0.29) is 17.7 Å². The molecule has 0 aliphatic carbocycles. The maximum Gasteiger partial charge on any atom is 0.214 e. The van der Waals surface area contributed by atoms with Crippen LogP contribution in [0.15, 0.2) is 6.07 Å². The van der Waals surface area contributed by atoms with Gasteiger partial charge in [0.15, 0.2) is 0 Å². The molecule has 0 atom stereocenters. The van der Waals surface area contributed by atoms with E-state index in [2.05, 4.69) is 22.2 Å². The highest BCUT2D eigenvalue weighted by Gasteiger charge is 2.28. The Hall–Kier alpha value is -1.21. The Kier molecular flexibility index (Phi) is 5.97. The van der Waals surface area contributed by atoms with E-state index >= 15 is 0 Å². The van der Waals surface area contributed by atoms with E-state index in [0.717, 1.165) is 36.6 Å². The van der Waals surface area contributed by atoms with Gasteiger partial charge in [0.25, 0.3) is 0 Å². The van der Waals surface area contributed by atoms with Crippen LogP contribution in [0.5, 0.6) is 0 Å². The average Bonchev–Trinajstić information content (AvgIpc) is 2.45. The summed E-state index contributed by atoms with van der Waals surface area (Å²) >= 11 is 0. The summed E-state index contributed by atoms with van der Waals surface area (Å²) in [7, 11) is -3.12. The highest BCUT2D eigenvalue weighted by atomic mass is 32.2. The maximum atomic E-state index is 12.3. The zero-order valence-corrected chi connectivity index (χ0v) is 15.4. The third kappa shape index (κ3) is 5.14. The van der Waals surface area contributed by atoms with Crippen LogP contribution in [0.2, 0.25) is 0 Å². The first kappa shape index (κ1) is 18.1. The van der Waals surface area contributed by atoms with Gasteiger partial charge in [-0.2, -0.15) is 0 Å². The highest BCUT2D eigenvalue weighted by Crippen LogP contribution is 2.19. The first-order valence-corrected chi connectivity index (χ1v) is 10.00. The third-order valence-corrected chi connectivity index (χ3v) is 6.24. The smallest absolute Gasteiger partial charge is 0.214 e. The van der Waals surface area contributed by atoms with Crippen LogP contribution in [0.25, 0.3) is 0 Å². The summed E-state index contributed by atoms with van der Waals surface area (Å²) in [5, 5.41) is 3.44. The van der Waals surface area contributed by atoms with E-state index in [4.69, 9.17) is 0 Å². The van der Waals surface area contributed by atoms with Crippen LogP contribution in [-0.4, -0.2) is 47.6 Å². The summed E-state index contributed by atoms with van der Waals surface area (Å²) in [6, 6.07) is 2.24. The fourth-order valence-electron chi connectivity index (χ4n) is 2.90. The summed E-state index contributed by atoms with van der Waals surface area (Å²) in [6.45, 7) is 9.01. The molecule has 1 aromatic heterocycles. The Bertz CT molecular complexity index is 623. The first-order valence-electron chi connectivity index (χ1n) is 8.39. The van der Waals surface area contributed by atoms with Crippen LogP contribution in [0.3, 0.4) is 0 Å². The van der Waals surface area contributed by atoms with Crippen molar-refractivity contribution in [3.63, 3.8) is 0 Å². The predicted octanol–water partition coefficient (Wildman–Crippen LogP) is 2.21. The molecule has 1 saturated heterocycles. The van der Waals surface area contributed by atoms with E-state index in [1.165, 1.54) is 0 Å². The summed E-state index contributed by atoms with van der Waals surface area (Å²) in [5.41, 5.74) is 1.02. The van der Waals surface area contributed by atoms with Crippen LogP contribution < -0.4 is 5.32 Å². The normalized spacial score (nSPS) is 17.6. The molecule has 0 bridgehead atoms. The third-order valence-electron chi connectivity index (χ3n) is 4.00. The van der Waals surface area contributed by atoms with Crippen molar-refractivity contribution in [1.82, 2.24) is 14.3 Å². The minimum absolute atomic E-state index is 0.160. The second-order valence-electron chi connectivity index (χ2n) is 6.64. The van der Waals surface area contributed by atoms with Crippen LogP contribution in [0.1, 0.15) is 45.1 Å². The molecule has 0 unspecified atom stereocenters. The Labute approximate surface area is 139 Å². The SMILES string of the molecule is CCc1cc(NC2CCN(S(=O)(=O)CC(C)C)CC2)nc(C)n1. The van der Waals surface area contributed by atoms with Gasteiger partial charge in [-0.3, -0.25) is 0 Å². The molecular weight excluding hydrogens is 312 g/mol. The molecular formula is C16H28N4O2S. The molecule has 23 heavy (non-hydrogen) atoms. The highest BCUT2D eigenvalue weighted by molar-refractivity contribution is 7.89. The lowest BCUT2D eigenvalue weighted by atomic mass is 10.1. The Morgan fingerprint density at radius 2 is 1.96 bits per heavy atom. The fraction of sp³-hybridized carbons (Fsp3) is 0.750. The number of hydrogen-bond donors (Lipinski definition) is 1. The molecule has 1 fully saturated rings. The van der Waals surface area contributed by atoms with Crippen molar-refractivity contribution in [2.24, 2.45) is 5.92 Å². The van der Waals surface area contributed by atoms with Crippen molar-refractivity contribution < 1.29 is 8.42 Å². The number of hydrogen-bond acceptors (Lipinski definition) is 5. The van der Waals surface area contributed by atoms with Crippen molar-refractivity contribution in [3.8, 4) is 0 Å². The van der Waals surface area contributed by atoms with E-state index in [1.54, 1.807) is 4.31 Å². The number of aromatic nitrogens is 2. The molecule has 2 rings (SSSR count). The van der Waals surface area contributed by atoms with Gasteiger partial charge in [0, 0.05) is 30.9 Å². The van der Waals surface area contributed by atoms with Crippen molar-refractivity contribution in [3.05, 3.63) is 17.6 Å². The van der Waals surface area contributed by atoms with E-state index in [1.807, 2.05) is 26.8 Å². The predicted molar refractivity (Wildman–Crippen MR) is 93.0 cm³/mol. The molecule has 1 aliphatic heterocycles. The topological polar surface area (TPSA) is 75.2 Å². The van der Waals surface area contributed by atoms with Crippen molar-refractivity contribution in [2.45, 2.75) is 53.0 Å². The molecule has 0 amide bonds. The lowest BCUT2D eigenvalue weighted by molar-refractivity contribution is 0.328. The van der Waals surface area contributed by atoms with Gasteiger partial charge in [0.2, 0.25) is 10.0 Å². The van der Waals surface area contributed by atoms with Crippen LogP contribution >= 0.6 is 0 Å². The second-order valence-corrected chi connectivity index (χ2v) is 8.65. The van der Waals surface area contributed by atoms with E-state index in [9.17, 15) is 8.42 Å². The number of rotatable bonds is 6. The van der Waals surface area contributed by atoms with Gasteiger partial charge in [0.05, 0.1) is 5.75 Å². The number of piperidine rings is 1. The van der Waals surface area contributed by atoms with Gasteiger partial charge in [-0.05, 0) is 32.1 Å². The Morgan fingerprint density at radius 3 is 2.52 bits per heavy atom. The molecule has 0 aromatic carbocycles. The minimum atomic E-state index is -3.12. The zero-order chi connectivity index (χ0) is 17.0. The molecule has 1 N–H and O–H groups in total. The average molecular weight is 340 g/mol. The minimum Gasteiger partial charge on any atom is -0.367 e. The van der Waals surface area contributed by atoms with Gasteiger partial charge < -0.3 is 5.32 Å². The molecule has 0 saturated carbocycles. The number of nitrogens with one attached hydrogen (secondary N) is 1. The Morgan fingerprint density at radius 1 is 1.30 bits per heavy atom. The molecule has 2 heterocycles. The van der Waals surface area contributed by atoms with Gasteiger partial charge in [0.1, 0.15) is 11.6 Å². The molecule has 0 spiro atoms. The maximum absolute atomic E-state index is 12.3. The first-order chi connectivity index (χ1) is 10.8. The van der Waals surface area contributed by atoms with E-state index < -0.39 is 10.0 Å². The lowest BCUT2D eigenvalue weighted by Crippen LogP contribution is -2.43. The summed E-state index contributed by atoms with van der Waals surface area (Å²) < 4.78 is 26.2. The Balaban J connectivity index is 1.94. The second kappa shape index (κ2) is 7.57. The molecule has 1 aromatic rings. The summed E-state index contributed by atoms with van der Waals surface area (Å²) in [5.74, 6) is 2.00. The molecule has 7 heteroatoms. The van der Waals surface area contributed by atoms with E-state index in [0.29, 0.717) is 13.1 Å². The number of anilines is 1. The number of aryl methyl sites for hydroxylation is 2. The van der Waals surface area contributed by atoms with Crippen molar-refractivity contribution >= 4 is 15.8 Å². The molecule has 6 nitrogen and oxygen atoms in total.